The van der Waals surface area contributed by atoms with Gasteiger partial charge in [-0.25, -0.2) is 0 Å². The monoisotopic (exact) mass is 994 g/mol. The Morgan fingerprint density at radius 3 is 1.91 bits per heavy atom. The van der Waals surface area contributed by atoms with Crippen molar-refractivity contribution in [3.05, 3.63) is 173 Å². The van der Waals surface area contributed by atoms with Gasteiger partial charge in [0.25, 0.3) is 0 Å². The molecular formula is C69H63BN2S2. The van der Waals surface area contributed by atoms with Gasteiger partial charge in [-0.1, -0.05) is 162 Å². The molecule has 2 aliphatic carbocycles. The first-order chi connectivity index (χ1) is 35.2. The molecule has 0 atom stereocenters. The van der Waals surface area contributed by atoms with E-state index in [9.17, 15) is 0 Å². The molecule has 74 heavy (non-hydrogen) atoms. The molecule has 4 aliphatic rings. The molecule has 0 saturated carbocycles. The van der Waals surface area contributed by atoms with Gasteiger partial charge in [-0.3, -0.25) is 0 Å². The van der Waals surface area contributed by atoms with Crippen molar-refractivity contribution in [3.63, 3.8) is 0 Å². The molecule has 15 rings (SSSR count). The highest BCUT2D eigenvalue weighted by Crippen LogP contribution is 2.61. The van der Waals surface area contributed by atoms with E-state index in [2.05, 4.69) is 232 Å². The van der Waals surface area contributed by atoms with Gasteiger partial charge in [-0.05, 0) is 162 Å². The predicted molar refractivity (Wildman–Crippen MR) is 324 cm³/mol. The summed E-state index contributed by atoms with van der Waals surface area (Å²) in [5.74, 6) is 0. The van der Waals surface area contributed by atoms with Gasteiger partial charge in [-0.2, -0.15) is 0 Å². The van der Waals surface area contributed by atoms with Gasteiger partial charge in [0.1, 0.15) is 0 Å². The third-order valence-electron chi connectivity index (χ3n) is 18.5. The smallest absolute Gasteiger partial charge is 0.343 e. The van der Waals surface area contributed by atoms with Gasteiger partial charge in [0, 0.05) is 68.2 Å². The molecule has 0 spiro atoms. The summed E-state index contributed by atoms with van der Waals surface area (Å²) in [5.41, 5.74) is 24.7. The molecule has 0 unspecified atom stereocenters. The van der Waals surface area contributed by atoms with Crippen LogP contribution in [0.4, 0.5) is 11.4 Å². The zero-order chi connectivity index (χ0) is 50.9. The van der Waals surface area contributed by atoms with Crippen LogP contribution in [0.1, 0.15) is 129 Å². The number of hydrogen-bond donors (Lipinski definition) is 0. The summed E-state index contributed by atoms with van der Waals surface area (Å²) in [6, 6.07) is 55.3. The second-order valence-electron chi connectivity index (χ2n) is 26.3. The third kappa shape index (κ3) is 5.89. The molecule has 2 nitrogen and oxygen atoms in total. The quantitative estimate of drug-likeness (QED) is 0.157. The highest BCUT2D eigenvalue weighted by Gasteiger charge is 2.51. The first-order valence-corrected chi connectivity index (χ1v) is 28.7. The van der Waals surface area contributed by atoms with E-state index >= 15 is 0 Å². The highest BCUT2D eigenvalue weighted by molar-refractivity contribution is 7.32. The minimum atomic E-state index is -0.259. The Kier molecular flexibility index (Phi) is 8.82. The Hall–Kier alpha value is -6.40. The number of nitrogens with zero attached hydrogens (tertiary/aromatic N) is 2. The van der Waals surface area contributed by atoms with Crippen LogP contribution in [0.25, 0.3) is 91.1 Å². The number of benzene rings is 8. The molecule has 0 amide bonds. The van der Waals surface area contributed by atoms with Crippen LogP contribution in [0, 0.1) is 0 Å². The van der Waals surface area contributed by atoms with Gasteiger partial charge in [0.2, 0.25) is 0 Å². The molecule has 11 aromatic rings. The molecule has 5 heteroatoms. The number of thiophene rings is 2. The molecule has 0 N–H and O–H groups in total. The largest absolute Gasteiger partial charge is 0.376 e. The van der Waals surface area contributed by atoms with E-state index in [1.807, 2.05) is 22.7 Å². The number of rotatable bonds is 2. The molecule has 5 heterocycles. The fourth-order valence-corrected chi connectivity index (χ4v) is 16.8. The zero-order valence-corrected chi connectivity index (χ0v) is 46.6. The van der Waals surface area contributed by atoms with Crippen molar-refractivity contribution in [2.24, 2.45) is 0 Å². The van der Waals surface area contributed by atoms with Gasteiger partial charge >= 0.3 is 6.85 Å². The molecule has 3 aromatic heterocycles. The molecule has 8 aromatic carbocycles. The minimum absolute atomic E-state index is 0.0217. The average molecular weight is 995 g/mol. The summed E-state index contributed by atoms with van der Waals surface area (Å²) >= 11 is 4.01. The first-order valence-electron chi connectivity index (χ1n) is 27.1. The van der Waals surface area contributed by atoms with E-state index < -0.39 is 0 Å². The Labute approximate surface area is 444 Å². The van der Waals surface area contributed by atoms with Gasteiger partial charge in [0.15, 0.2) is 0 Å². The van der Waals surface area contributed by atoms with Crippen molar-refractivity contribution in [2.75, 3.05) is 4.81 Å². The summed E-state index contributed by atoms with van der Waals surface area (Å²) in [6.07, 6.45) is 2.40. The van der Waals surface area contributed by atoms with E-state index in [-0.39, 0.29) is 33.9 Å². The van der Waals surface area contributed by atoms with Gasteiger partial charge in [-0.15, -0.1) is 22.7 Å². The second-order valence-corrected chi connectivity index (χ2v) is 28.5. The fourth-order valence-electron chi connectivity index (χ4n) is 14.3. The minimum Gasteiger partial charge on any atom is -0.376 e. The van der Waals surface area contributed by atoms with E-state index in [4.69, 9.17) is 0 Å². The molecule has 364 valence electrons. The van der Waals surface area contributed by atoms with E-state index in [0.29, 0.717) is 0 Å². The SMILES string of the molecule is CC(C)(C)c1ccc(N2B3c4sc5ccc(-c6ccccc6)cc5c4-n4c5ccc(C(C)(C)C)cc5c5c6c(c(c3c54)-c3cc4sc5cc7c(cc5c4cc32)C(C)(C)CCC7(C)C)-c2ccccc2C6(C)C)cc1. The van der Waals surface area contributed by atoms with E-state index in [0.717, 1.165) is 0 Å². The van der Waals surface area contributed by atoms with Crippen molar-refractivity contribution in [3.8, 4) is 39.1 Å². The maximum Gasteiger partial charge on any atom is 0.343 e. The molecule has 2 aliphatic heterocycles. The lowest BCUT2D eigenvalue weighted by Crippen LogP contribution is -2.59. The second kappa shape index (κ2) is 14.5. The lowest BCUT2D eigenvalue weighted by molar-refractivity contribution is 0.332. The summed E-state index contributed by atoms with van der Waals surface area (Å²) in [7, 11) is 0. The van der Waals surface area contributed by atoms with Gasteiger partial charge in [0.05, 0.1) is 16.7 Å². The molecule has 0 saturated heterocycles. The Morgan fingerprint density at radius 1 is 0.514 bits per heavy atom. The summed E-state index contributed by atoms with van der Waals surface area (Å²) in [4.78, 5) is 2.80. The number of fused-ring (bicyclic) bond motifs is 19. The predicted octanol–water partition coefficient (Wildman–Crippen LogP) is 18.5. The lowest BCUT2D eigenvalue weighted by atomic mass is 9.46. The lowest BCUT2D eigenvalue weighted by Gasteiger charge is -2.42. The molecule has 0 fully saturated rings. The van der Waals surface area contributed by atoms with Gasteiger partial charge < -0.3 is 9.38 Å². The Morgan fingerprint density at radius 2 is 1.18 bits per heavy atom. The summed E-state index contributed by atoms with van der Waals surface area (Å²) in [6.45, 7) is 28.9. The first kappa shape index (κ1) is 45.0. The number of hydrogen-bond acceptors (Lipinski definition) is 3. The average Bonchev–Trinajstić information content (AvgIpc) is 4.17. The van der Waals surface area contributed by atoms with Crippen molar-refractivity contribution >= 4 is 103 Å². The Bertz CT molecular complexity index is 4290. The van der Waals surface area contributed by atoms with Crippen molar-refractivity contribution in [1.29, 1.82) is 0 Å². The normalized spacial score (nSPS) is 16.8. The highest BCUT2D eigenvalue weighted by atomic mass is 32.1. The van der Waals surface area contributed by atoms with Crippen LogP contribution in [0.2, 0.25) is 0 Å². The van der Waals surface area contributed by atoms with E-state index in [1.54, 1.807) is 0 Å². The molecule has 0 bridgehead atoms. The van der Waals surface area contributed by atoms with Crippen molar-refractivity contribution < 1.29 is 0 Å². The van der Waals surface area contributed by atoms with Crippen LogP contribution in [0.3, 0.4) is 0 Å². The maximum atomic E-state index is 2.80. The van der Waals surface area contributed by atoms with Crippen LogP contribution >= 0.6 is 22.7 Å². The maximum absolute atomic E-state index is 2.80. The standard InChI is InChI=1S/C69H63BN2S2/c1-65(2,3)40-23-26-42(27-24-40)72-53-35-45-44-34-50-51(68(9,10)31-30-67(50,7)8)37-56(44)73-55(45)36-47(53)58-57-43-20-16-17-21-49(43)69(11,12)60(57)59-46-33-41(66(4,5)6)25-28-52(46)71-62-48-32-39(38-18-14-13-15-19-38)22-29-54(48)74-64(62)70(72)61(58)63(59)71/h13-29,32-37H,30-31H2,1-12H3. The summed E-state index contributed by atoms with van der Waals surface area (Å²) in [5, 5.41) is 6.86. The Balaban J connectivity index is 1.16. The van der Waals surface area contributed by atoms with Crippen LogP contribution in [0.5, 0.6) is 0 Å². The molecular weight excluding hydrogens is 932 g/mol. The van der Waals surface area contributed by atoms with Crippen LogP contribution in [-0.2, 0) is 27.1 Å². The van der Waals surface area contributed by atoms with Crippen molar-refractivity contribution in [1.82, 2.24) is 4.57 Å². The fraction of sp³-hybridized carbons (Fsp3) is 0.275. The number of anilines is 2. The van der Waals surface area contributed by atoms with Crippen LogP contribution < -0.4 is 15.1 Å². The zero-order valence-electron chi connectivity index (χ0n) is 45.0. The van der Waals surface area contributed by atoms with Crippen LogP contribution in [-0.4, -0.2) is 11.4 Å². The van der Waals surface area contributed by atoms with E-state index in [1.165, 1.54) is 159 Å². The third-order valence-corrected chi connectivity index (χ3v) is 20.8. The topological polar surface area (TPSA) is 8.17 Å². The van der Waals surface area contributed by atoms with Crippen LogP contribution in [0.15, 0.2) is 140 Å². The number of aromatic nitrogens is 1. The summed E-state index contributed by atoms with van der Waals surface area (Å²) < 4.78 is 8.25. The van der Waals surface area contributed by atoms with Crippen molar-refractivity contribution in [2.45, 2.75) is 123 Å². The molecule has 0 radical (unpaired) electrons.